The number of carbonyl (C=O) groups is 1. The van der Waals surface area contributed by atoms with E-state index in [4.69, 9.17) is 4.74 Å². The monoisotopic (exact) mass is 330 g/mol. The maximum Gasteiger partial charge on any atom is 0.335 e. The van der Waals surface area contributed by atoms with Gasteiger partial charge in [-0.05, 0) is 52.9 Å². The summed E-state index contributed by atoms with van der Waals surface area (Å²) >= 11 is 3.48. The van der Waals surface area contributed by atoms with Crippen molar-refractivity contribution >= 4 is 21.9 Å². The van der Waals surface area contributed by atoms with Gasteiger partial charge in [0.2, 0.25) is 0 Å². The largest absolute Gasteiger partial charge is 0.478 e. The summed E-state index contributed by atoms with van der Waals surface area (Å²) in [5, 5.41) is 9.26. The number of hydrogen-bond donors (Lipinski definition) is 1. The molecule has 0 aromatic heterocycles. The van der Waals surface area contributed by atoms with Gasteiger partial charge >= 0.3 is 5.97 Å². The van der Waals surface area contributed by atoms with Crippen molar-refractivity contribution in [1.29, 1.82) is 0 Å². The Bertz CT molecular complexity index is 767. The molecule has 2 unspecified atom stereocenters. The Morgan fingerprint density at radius 2 is 1.90 bits per heavy atom. The van der Waals surface area contributed by atoms with E-state index in [1.54, 1.807) is 6.07 Å². The molecule has 0 spiro atoms. The molecule has 0 radical (unpaired) electrons. The first-order valence-corrected chi connectivity index (χ1v) is 7.18. The third kappa shape index (κ3) is 1.41. The van der Waals surface area contributed by atoms with Gasteiger partial charge in [0.15, 0.2) is 0 Å². The average Bonchev–Trinajstić information content (AvgIpc) is 2.95. The van der Waals surface area contributed by atoms with Crippen LogP contribution in [0.1, 0.15) is 50.4 Å². The molecule has 2 bridgehead atoms. The number of ether oxygens (including phenoxy) is 1. The second kappa shape index (κ2) is 3.93. The van der Waals surface area contributed by atoms with Crippen LogP contribution < -0.4 is 0 Å². The van der Waals surface area contributed by atoms with E-state index in [0.29, 0.717) is 5.56 Å². The SMILES string of the molecule is Cc1c(C(=O)O)ccc2c1C1OC2c2ccc(Br)cc21. The molecule has 100 valence electrons. The van der Waals surface area contributed by atoms with Crippen LogP contribution in [0.25, 0.3) is 0 Å². The number of halogens is 1. The van der Waals surface area contributed by atoms with Crippen LogP contribution in [0.15, 0.2) is 34.8 Å². The van der Waals surface area contributed by atoms with Gasteiger partial charge in [0.05, 0.1) is 5.56 Å². The molecule has 0 saturated carbocycles. The summed E-state index contributed by atoms with van der Waals surface area (Å²) in [5.74, 6) is -0.887. The zero-order valence-electron chi connectivity index (χ0n) is 10.7. The van der Waals surface area contributed by atoms with Crippen molar-refractivity contribution in [2.45, 2.75) is 19.1 Å². The van der Waals surface area contributed by atoms with E-state index < -0.39 is 5.97 Å². The molecule has 20 heavy (non-hydrogen) atoms. The average molecular weight is 331 g/mol. The normalized spacial score (nSPS) is 21.7. The first-order valence-electron chi connectivity index (χ1n) is 6.39. The molecule has 0 amide bonds. The standard InChI is InChI=1S/C16H11BrO3/c1-7-9(16(18)19)4-5-11-13(7)15-12-6-8(17)2-3-10(12)14(11)20-15/h2-6,14-15H,1H3,(H,18,19). The fraction of sp³-hybridized carbons (Fsp3) is 0.188. The van der Waals surface area contributed by atoms with Gasteiger partial charge < -0.3 is 9.84 Å². The highest BCUT2D eigenvalue weighted by molar-refractivity contribution is 9.10. The van der Waals surface area contributed by atoms with Crippen molar-refractivity contribution in [2.24, 2.45) is 0 Å². The minimum absolute atomic E-state index is 0.0559. The molecule has 1 N–H and O–H groups in total. The van der Waals surface area contributed by atoms with Crippen LogP contribution in [0.3, 0.4) is 0 Å². The van der Waals surface area contributed by atoms with Crippen LogP contribution in [0, 0.1) is 6.92 Å². The number of carboxylic acid groups (broad SMARTS) is 1. The molecule has 3 nitrogen and oxygen atoms in total. The van der Waals surface area contributed by atoms with Crippen LogP contribution in [0.4, 0.5) is 0 Å². The van der Waals surface area contributed by atoms with E-state index in [-0.39, 0.29) is 12.2 Å². The quantitative estimate of drug-likeness (QED) is 0.860. The molecule has 2 aliphatic heterocycles. The molecule has 0 saturated heterocycles. The minimum atomic E-state index is -0.887. The summed E-state index contributed by atoms with van der Waals surface area (Å²) in [6.45, 7) is 1.87. The van der Waals surface area contributed by atoms with E-state index in [1.807, 2.05) is 19.1 Å². The zero-order valence-corrected chi connectivity index (χ0v) is 12.3. The second-order valence-corrected chi connectivity index (χ2v) is 6.13. The van der Waals surface area contributed by atoms with E-state index in [1.165, 1.54) is 5.56 Å². The Balaban J connectivity index is 1.96. The lowest BCUT2D eigenvalue weighted by atomic mass is 9.82. The predicted octanol–water partition coefficient (Wildman–Crippen LogP) is 3.98. The first-order chi connectivity index (χ1) is 9.58. The summed E-state index contributed by atoms with van der Waals surface area (Å²) in [6.07, 6.45) is -0.193. The summed E-state index contributed by atoms with van der Waals surface area (Å²) < 4.78 is 7.08. The van der Waals surface area contributed by atoms with Crippen LogP contribution in [0.2, 0.25) is 0 Å². The van der Waals surface area contributed by atoms with Gasteiger partial charge in [-0.2, -0.15) is 0 Å². The molecule has 4 heteroatoms. The van der Waals surface area contributed by atoms with Crippen LogP contribution >= 0.6 is 15.9 Å². The van der Waals surface area contributed by atoms with Crippen LogP contribution in [-0.2, 0) is 4.74 Å². The van der Waals surface area contributed by atoms with Crippen molar-refractivity contribution in [2.75, 3.05) is 0 Å². The fourth-order valence-electron chi connectivity index (χ4n) is 3.32. The molecule has 0 aliphatic carbocycles. The van der Waals surface area contributed by atoms with Gasteiger partial charge in [0.1, 0.15) is 12.2 Å². The maximum absolute atomic E-state index is 11.3. The fourth-order valence-corrected chi connectivity index (χ4v) is 3.70. The van der Waals surface area contributed by atoms with E-state index >= 15 is 0 Å². The van der Waals surface area contributed by atoms with Crippen molar-refractivity contribution in [3.63, 3.8) is 0 Å². The maximum atomic E-state index is 11.3. The predicted molar refractivity (Wildman–Crippen MR) is 77.1 cm³/mol. The third-order valence-corrected chi connectivity index (χ3v) is 4.70. The Morgan fingerprint density at radius 1 is 1.15 bits per heavy atom. The highest BCUT2D eigenvalue weighted by Crippen LogP contribution is 2.55. The van der Waals surface area contributed by atoms with E-state index in [2.05, 4.69) is 28.1 Å². The number of fused-ring (bicyclic) bond motifs is 8. The van der Waals surface area contributed by atoms with Gasteiger partial charge in [-0.15, -0.1) is 0 Å². The number of benzene rings is 2. The van der Waals surface area contributed by atoms with Crippen LogP contribution in [0.5, 0.6) is 0 Å². The Labute approximate surface area is 124 Å². The summed E-state index contributed by atoms with van der Waals surface area (Å²) in [4.78, 5) is 11.3. The lowest BCUT2D eigenvalue weighted by molar-refractivity contribution is 0.0695. The molecule has 2 aromatic rings. The highest BCUT2D eigenvalue weighted by Gasteiger charge is 2.44. The van der Waals surface area contributed by atoms with Gasteiger partial charge in [-0.25, -0.2) is 4.79 Å². The number of rotatable bonds is 1. The van der Waals surface area contributed by atoms with E-state index in [9.17, 15) is 9.90 Å². The highest BCUT2D eigenvalue weighted by atomic mass is 79.9. The van der Waals surface area contributed by atoms with Crippen LogP contribution in [-0.4, -0.2) is 11.1 Å². The first kappa shape index (κ1) is 12.1. The number of hydrogen-bond acceptors (Lipinski definition) is 2. The molecule has 4 rings (SSSR count). The molecule has 0 fully saturated rings. The van der Waals surface area contributed by atoms with Gasteiger partial charge in [0, 0.05) is 4.47 Å². The van der Waals surface area contributed by atoms with Gasteiger partial charge in [0.25, 0.3) is 0 Å². The third-order valence-electron chi connectivity index (χ3n) is 4.21. The Hall–Kier alpha value is -1.65. The topological polar surface area (TPSA) is 46.5 Å². The zero-order chi connectivity index (χ0) is 14.0. The summed E-state index contributed by atoms with van der Waals surface area (Å²) in [5.41, 5.74) is 5.63. The molecule has 2 heterocycles. The molecule has 2 aliphatic rings. The number of aromatic carboxylic acids is 1. The van der Waals surface area contributed by atoms with Crippen molar-refractivity contribution < 1.29 is 14.6 Å². The lowest BCUT2D eigenvalue weighted by Gasteiger charge is -2.19. The molecule has 2 atom stereocenters. The van der Waals surface area contributed by atoms with E-state index in [0.717, 1.165) is 26.7 Å². The van der Waals surface area contributed by atoms with Gasteiger partial charge in [-0.3, -0.25) is 0 Å². The Kier molecular flexibility index (Phi) is 2.38. The van der Waals surface area contributed by atoms with Crippen molar-refractivity contribution in [3.8, 4) is 0 Å². The Morgan fingerprint density at radius 3 is 2.65 bits per heavy atom. The molecular formula is C16H11BrO3. The lowest BCUT2D eigenvalue weighted by Crippen LogP contribution is -2.09. The summed E-state index contributed by atoms with van der Waals surface area (Å²) in [7, 11) is 0. The van der Waals surface area contributed by atoms with Gasteiger partial charge in [-0.1, -0.05) is 28.1 Å². The van der Waals surface area contributed by atoms with Crippen molar-refractivity contribution in [3.05, 3.63) is 68.2 Å². The smallest absolute Gasteiger partial charge is 0.335 e. The summed E-state index contributed by atoms with van der Waals surface area (Å²) in [6, 6.07) is 9.73. The minimum Gasteiger partial charge on any atom is -0.478 e. The van der Waals surface area contributed by atoms with Crippen molar-refractivity contribution in [1.82, 2.24) is 0 Å². The molecule has 2 aromatic carbocycles. The number of carboxylic acids is 1. The molecular weight excluding hydrogens is 320 g/mol. The second-order valence-electron chi connectivity index (χ2n) is 5.22.